The molecule has 3 fully saturated rings. The van der Waals surface area contributed by atoms with Gasteiger partial charge in [-0.1, -0.05) is 0 Å². The first-order valence-electron chi connectivity index (χ1n) is 12.9. The maximum absolute atomic E-state index is 13.0. The molecule has 10 nitrogen and oxygen atoms in total. The zero-order chi connectivity index (χ0) is 26.5. The quantitative estimate of drug-likeness (QED) is 0.592. The van der Waals surface area contributed by atoms with Crippen LogP contribution in [0.4, 0.5) is 10.7 Å². The number of aromatic nitrogens is 2. The minimum Gasteiger partial charge on any atom is -0.444 e. The van der Waals surface area contributed by atoms with E-state index in [1.165, 1.54) is 0 Å². The Bertz CT molecular complexity index is 960. The van der Waals surface area contributed by atoms with Crippen LogP contribution in [0.25, 0.3) is 0 Å². The molecule has 4 rings (SSSR count). The van der Waals surface area contributed by atoms with Crippen molar-refractivity contribution in [3.8, 4) is 0 Å². The van der Waals surface area contributed by atoms with Gasteiger partial charge in [-0.05, 0) is 74.7 Å². The fourth-order valence-electron chi connectivity index (χ4n) is 4.53. The van der Waals surface area contributed by atoms with Crippen LogP contribution in [-0.4, -0.2) is 82.0 Å². The molecule has 0 radical (unpaired) electrons. The summed E-state index contributed by atoms with van der Waals surface area (Å²) in [5, 5.41) is 2.65. The van der Waals surface area contributed by atoms with Crippen LogP contribution in [0.1, 0.15) is 74.7 Å². The van der Waals surface area contributed by atoms with Crippen molar-refractivity contribution >= 4 is 30.5 Å². The Balaban J connectivity index is 1.39. The van der Waals surface area contributed by atoms with Crippen molar-refractivity contribution in [2.45, 2.75) is 110 Å². The number of alkyl carbamates (subject to hydrolysis) is 1. The maximum atomic E-state index is 13.0. The van der Waals surface area contributed by atoms with Gasteiger partial charge >= 0.3 is 13.2 Å². The molecule has 2 amide bonds. The van der Waals surface area contributed by atoms with Gasteiger partial charge in [0, 0.05) is 37.0 Å². The third-order valence-electron chi connectivity index (χ3n) is 7.33. The third-order valence-corrected chi connectivity index (χ3v) is 7.33. The molecule has 1 aromatic heterocycles. The third kappa shape index (κ3) is 5.77. The van der Waals surface area contributed by atoms with Crippen LogP contribution >= 0.6 is 0 Å². The second-order valence-corrected chi connectivity index (χ2v) is 12.1. The van der Waals surface area contributed by atoms with Crippen LogP contribution in [0.5, 0.6) is 0 Å². The average Bonchev–Trinajstić information content (AvgIpc) is 3.41. The van der Waals surface area contributed by atoms with Crippen LogP contribution in [0, 0.1) is 0 Å². The first-order chi connectivity index (χ1) is 16.7. The smallest absolute Gasteiger partial charge is 0.444 e. The van der Waals surface area contributed by atoms with Gasteiger partial charge in [-0.25, -0.2) is 14.8 Å². The van der Waals surface area contributed by atoms with Gasteiger partial charge in [0.25, 0.3) is 0 Å². The Kier molecular flexibility index (Phi) is 7.02. The van der Waals surface area contributed by atoms with E-state index in [9.17, 15) is 9.59 Å². The molecule has 3 aliphatic rings. The summed E-state index contributed by atoms with van der Waals surface area (Å²) >= 11 is 0. The molecule has 2 aliphatic heterocycles. The molecular formula is C25H40BN5O5. The number of rotatable bonds is 6. The Hall–Kier alpha value is -2.40. The van der Waals surface area contributed by atoms with Gasteiger partial charge in [-0.2, -0.15) is 0 Å². The van der Waals surface area contributed by atoms with E-state index < -0.39 is 36.1 Å². The first kappa shape index (κ1) is 26.7. The van der Waals surface area contributed by atoms with Crippen LogP contribution in [0.15, 0.2) is 12.4 Å². The van der Waals surface area contributed by atoms with Crippen LogP contribution in [0.2, 0.25) is 0 Å². The second-order valence-electron chi connectivity index (χ2n) is 12.1. The number of carbonyl (C=O) groups is 2. The van der Waals surface area contributed by atoms with Gasteiger partial charge in [-0.3, -0.25) is 4.79 Å². The highest BCUT2D eigenvalue weighted by Gasteiger charge is 2.52. The number of carbonyl (C=O) groups excluding carboxylic acids is 2. The summed E-state index contributed by atoms with van der Waals surface area (Å²) in [5.74, 6) is 0.549. The number of hydrogen-bond acceptors (Lipinski definition) is 8. The van der Waals surface area contributed by atoms with E-state index in [0.29, 0.717) is 25.1 Å². The Morgan fingerprint density at radius 2 is 1.69 bits per heavy atom. The molecule has 2 saturated heterocycles. The molecule has 1 saturated carbocycles. The van der Waals surface area contributed by atoms with Gasteiger partial charge in [-0.15, -0.1) is 0 Å². The Labute approximate surface area is 214 Å². The Morgan fingerprint density at radius 1 is 1.11 bits per heavy atom. The summed E-state index contributed by atoms with van der Waals surface area (Å²) in [5.41, 5.74) is -0.676. The summed E-state index contributed by atoms with van der Waals surface area (Å²) in [6.45, 7) is 16.3. The van der Waals surface area contributed by atoms with E-state index >= 15 is 0 Å². The molecule has 1 aliphatic carbocycles. The van der Waals surface area contributed by atoms with E-state index in [1.54, 1.807) is 45.0 Å². The molecule has 1 aromatic rings. The average molecular weight is 501 g/mol. The lowest BCUT2D eigenvalue weighted by Gasteiger charge is -2.32. The number of hydrogen-bond donors (Lipinski definition) is 1. The molecule has 11 heteroatoms. The summed E-state index contributed by atoms with van der Waals surface area (Å²) in [4.78, 5) is 38.5. The van der Waals surface area contributed by atoms with E-state index in [-0.39, 0.29) is 11.9 Å². The zero-order valence-electron chi connectivity index (χ0n) is 22.8. The number of nitrogens with zero attached hydrogens (tertiary/aromatic N) is 4. The lowest BCUT2D eigenvalue weighted by Crippen LogP contribution is -2.48. The number of amides is 2. The number of anilines is 1. The molecule has 3 heterocycles. The first-order valence-corrected chi connectivity index (χ1v) is 12.9. The monoisotopic (exact) mass is 501 g/mol. The molecule has 0 aromatic carbocycles. The van der Waals surface area contributed by atoms with Crippen molar-refractivity contribution in [3.05, 3.63) is 12.4 Å². The highest BCUT2D eigenvalue weighted by molar-refractivity contribution is 6.61. The van der Waals surface area contributed by atoms with Crippen molar-refractivity contribution in [1.82, 2.24) is 20.2 Å². The van der Waals surface area contributed by atoms with E-state index in [0.717, 1.165) is 24.7 Å². The molecule has 36 heavy (non-hydrogen) atoms. The van der Waals surface area contributed by atoms with Gasteiger partial charge in [0.05, 0.1) is 17.2 Å². The normalized spacial score (nSPS) is 23.9. The van der Waals surface area contributed by atoms with Crippen molar-refractivity contribution in [1.29, 1.82) is 0 Å². The molecule has 0 bridgehead atoms. The van der Waals surface area contributed by atoms with Gasteiger partial charge in [0.2, 0.25) is 11.9 Å². The minimum atomic E-state index is -0.663. The fraction of sp³-hybridized carbons (Fsp3) is 0.760. The SMILES string of the molecule is C[C@H](NC(=O)OC(C)(C)C)C(=O)N1CC[C@H](N(c2ncc(B3OC(C)(C)C(C)(C)O3)cn2)C2CC2)C1. The lowest BCUT2D eigenvalue weighted by molar-refractivity contribution is -0.132. The van der Waals surface area contributed by atoms with Gasteiger partial charge in [0.15, 0.2) is 0 Å². The van der Waals surface area contributed by atoms with Crippen molar-refractivity contribution < 1.29 is 23.6 Å². The summed E-state index contributed by atoms with van der Waals surface area (Å²) < 4.78 is 17.5. The van der Waals surface area contributed by atoms with E-state index in [4.69, 9.17) is 14.0 Å². The Morgan fingerprint density at radius 3 is 2.22 bits per heavy atom. The molecular weight excluding hydrogens is 461 g/mol. The van der Waals surface area contributed by atoms with Crippen molar-refractivity contribution in [2.24, 2.45) is 0 Å². The van der Waals surface area contributed by atoms with Gasteiger partial charge < -0.3 is 29.2 Å². The summed E-state index contributed by atoms with van der Waals surface area (Å²) in [6.07, 6.45) is 5.97. The van der Waals surface area contributed by atoms with Gasteiger partial charge in [0.1, 0.15) is 11.6 Å². The highest BCUT2D eigenvalue weighted by atomic mass is 16.7. The standard InChI is InChI=1S/C25H40BN5O5/c1-16(29-22(33)34-23(2,3)4)20(32)30-12-11-19(15-30)31(18-9-10-18)21-27-13-17(14-28-21)26-35-24(5,6)25(7,8)36-26/h13-14,16,18-19H,9-12,15H2,1-8H3,(H,29,33)/t16-,19-/m0/s1. The van der Waals surface area contributed by atoms with Crippen LogP contribution in [0.3, 0.4) is 0 Å². The summed E-state index contributed by atoms with van der Waals surface area (Å²) in [7, 11) is -0.503. The second kappa shape index (κ2) is 9.48. The number of likely N-dealkylation sites (tertiary alicyclic amines) is 1. The molecule has 2 atom stereocenters. The summed E-state index contributed by atoms with van der Waals surface area (Å²) in [6, 6.07) is -0.161. The molecule has 0 unspecified atom stereocenters. The topological polar surface area (TPSA) is 106 Å². The van der Waals surface area contributed by atoms with Crippen LogP contribution in [-0.2, 0) is 18.8 Å². The highest BCUT2D eigenvalue weighted by Crippen LogP contribution is 2.37. The predicted molar refractivity (Wildman–Crippen MR) is 137 cm³/mol. The number of nitrogens with one attached hydrogen (secondary N) is 1. The maximum Gasteiger partial charge on any atom is 0.498 e. The van der Waals surface area contributed by atoms with Crippen LogP contribution < -0.4 is 15.7 Å². The largest absolute Gasteiger partial charge is 0.498 e. The lowest BCUT2D eigenvalue weighted by atomic mass is 9.81. The van der Waals surface area contributed by atoms with Crippen molar-refractivity contribution in [2.75, 3.05) is 18.0 Å². The molecule has 198 valence electrons. The minimum absolute atomic E-state index is 0.115. The van der Waals surface area contributed by atoms with E-state index in [1.807, 2.05) is 27.7 Å². The van der Waals surface area contributed by atoms with Crippen molar-refractivity contribution in [3.63, 3.8) is 0 Å². The van der Waals surface area contributed by atoms with E-state index in [2.05, 4.69) is 20.2 Å². The molecule has 0 spiro atoms. The zero-order valence-corrected chi connectivity index (χ0v) is 22.8. The molecule has 1 N–H and O–H groups in total. The fourth-order valence-corrected chi connectivity index (χ4v) is 4.53. The predicted octanol–water partition coefficient (Wildman–Crippen LogP) is 2.26. The number of ether oxygens (including phenoxy) is 1.